The first-order valence-corrected chi connectivity index (χ1v) is 2.52. The first-order chi connectivity index (χ1) is 3.27. The molecule has 0 bridgehead atoms. The van der Waals surface area contributed by atoms with E-state index in [1.165, 1.54) is 0 Å². The van der Waals surface area contributed by atoms with Crippen LogP contribution in [-0.4, -0.2) is 6.21 Å². The standard InChI is InChI=1S/C5H8ClN/c1-3-4-7-5(2)6/h4H,2-3H2,1H3. The van der Waals surface area contributed by atoms with Crippen molar-refractivity contribution in [3.63, 3.8) is 0 Å². The molecule has 0 aromatic rings. The van der Waals surface area contributed by atoms with Crippen LogP contribution in [0.15, 0.2) is 16.7 Å². The van der Waals surface area contributed by atoms with Gasteiger partial charge in [0.05, 0.1) is 0 Å². The minimum absolute atomic E-state index is 0.349. The van der Waals surface area contributed by atoms with Crippen LogP contribution in [0.4, 0.5) is 0 Å². The average Bonchev–Trinajstić information content (AvgIpc) is 1.61. The second-order valence-corrected chi connectivity index (χ2v) is 1.53. The van der Waals surface area contributed by atoms with E-state index in [0.29, 0.717) is 5.16 Å². The van der Waals surface area contributed by atoms with Crippen molar-refractivity contribution in [3.8, 4) is 0 Å². The number of aliphatic imine (C=N–C) groups is 1. The molecule has 0 amide bonds. The van der Waals surface area contributed by atoms with Crippen LogP contribution in [0.5, 0.6) is 0 Å². The van der Waals surface area contributed by atoms with Gasteiger partial charge in [-0.05, 0) is 6.42 Å². The molecule has 0 atom stereocenters. The minimum atomic E-state index is 0.349. The summed E-state index contributed by atoms with van der Waals surface area (Å²) in [6.45, 7) is 5.35. The maximum absolute atomic E-state index is 5.26. The molecule has 0 saturated carbocycles. The first-order valence-electron chi connectivity index (χ1n) is 2.14. The highest BCUT2D eigenvalue weighted by atomic mass is 35.5. The number of rotatable bonds is 2. The molecule has 40 valence electrons. The van der Waals surface area contributed by atoms with E-state index >= 15 is 0 Å². The number of hydrogen-bond acceptors (Lipinski definition) is 1. The highest BCUT2D eigenvalue weighted by Gasteiger charge is 1.71. The third-order valence-electron chi connectivity index (χ3n) is 0.414. The Morgan fingerprint density at radius 3 is 2.71 bits per heavy atom. The van der Waals surface area contributed by atoms with Gasteiger partial charge in [-0.15, -0.1) is 0 Å². The van der Waals surface area contributed by atoms with Gasteiger partial charge in [0.2, 0.25) is 0 Å². The summed E-state index contributed by atoms with van der Waals surface area (Å²) in [5.74, 6) is 0. The van der Waals surface area contributed by atoms with Crippen LogP contribution in [0.1, 0.15) is 13.3 Å². The molecule has 0 fully saturated rings. The number of nitrogens with zero attached hydrogens (tertiary/aromatic N) is 1. The largest absolute Gasteiger partial charge is 0.250 e. The van der Waals surface area contributed by atoms with E-state index < -0.39 is 0 Å². The van der Waals surface area contributed by atoms with Gasteiger partial charge >= 0.3 is 0 Å². The van der Waals surface area contributed by atoms with Crippen molar-refractivity contribution in [3.05, 3.63) is 11.7 Å². The Hall–Kier alpha value is -0.300. The van der Waals surface area contributed by atoms with Gasteiger partial charge < -0.3 is 0 Å². The maximum atomic E-state index is 5.26. The minimum Gasteiger partial charge on any atom is -0.250 e. The van der Waals surface area contributed by atoms with Gasteiger partial charge in [0.1, 0.15) is 5.16 Å². The molecular weight excluding hydrogens is 110 g/mol. The Morgan fingerprint density at radius 2 is 2.57 bits per heavy atom. The summed E-state index contributed by atoms with van der Waals surface area (Å²) in [5, 5.41) is 0.349. The molecule has 0 heterocycles. The van der Waals surface area contributed by atoms with Crippen LogP contribution in [0.25, 0.3) is 0 Å². The van der Waals surface area contributed by atoms with Crippen molar-refractivity contribution in [2.45, 2.75) is 13.3 Å². The zero-order valence-electron chi connectivity index (χ0n) is 4.32. The van der Waals surface area contributed by atoms with Gasteiger partial charge in [0.15, 0.2) is 0 Å². The van der Waals surface area contributed by atoms with Crippen LogP contribution in [0.3, 0.4) is 0 Å². The summed E-state index contributed by atoms with van der Waals surface area (Å²) in [6, 6.07) is 0. The lowest BCUT2D eigenvalue weighted by molar-refractivity contribution is 1.31. The normalized spacial score (nSPS) is 10.0. The van der Waals surface area contributed by atoms with Crippen molar-refractivity contribution in [2.75, 3.05) is 0 Å². The predicted octanol–water partition coefficient (Wildman–Crippen LogP) is 2.18. The molecule has 0 radical (unpaired) electrons. The molecule has 0 aromatic carbocycles. The molecule has 0 aliphatic heterocycles. The molecular formula is C5H8ClN. The molecule has 0 aliphatic carbocycles. The lowest BCUT2D eigenvalue weighted by Crippen LogP contribution is -1.64. The molecule has 0 N–H and O–H groups in total. The topological polar surface area (TPSA) is 12.4 Å². The molecule has 0 aliphatic rings. The fourth-order valence-corrected chi connectivity index (χ4v) is 0.259. The van der Waals surface area contributed by atoms with Gasteiger partial charge in [-0.3, -0.25) is 0 Å². The Balaban J connectivity index is 3.26. The SMILES string of the molecule is C=C(Cl)N=CCC. The first kappa shape index (κ1) is 6.70. The fraction of sp³-hybridized carbons (Fsp3) is 0.400. The quantitative estimate of drug-likeness (QED) is 0.388. The Morgan fingerprint density at radius 1 is 2.00 bits per heavy atom. The summed E-state index contributed by atoms with van der Waals surface area (Å²) in [5.41, 5.74) is 0. The second-order valence-electron chi connectivity index (χ2n) is 1.10. The molecule has 0 spiro atoms. The van der Waals surface area contributed by atoms with E-state index in [1.807, 2.05) is 6.92 Å². The third-order valence-corrected chi connectivity index (χ3v) is 0.512. The van der Waals surface area contributed by atoms with E-state index in [1.54, 1.807) is 6.21 Å². The van der Waals surface area contributed by atoms with Crippen molar-refractivity contribution >= 4 is 17.8 Å². The second kappa shape index (κ2) is 3.88. The number of hydrogen-bond donors (Lipinski definition) is 0. The van der Waals surface area contributed by atoms with Crippen LogP contribution in [-0.2, 0) is 0 Å². The summed E-state index contributed by atoms with van der Waals surface area (Å²) >= 11 is 5.26. The monoisotopic (exact) mass is 117 g/mol. The summed E-state index contributed by atoms with van der Waals surface area (Å²) in [6.07, 6.45) is 2.63. The summed E-state index contributed by atoms with van der Waals surface area (Å²) < 4.78 is 0. The van der Waals surface area contributed by atoms with Crippen LogP contribution in [0, 0.1) is 0 Å². The summed E-state index contributed by atoms with van der Waals surface area (Å²) in [4.78, 5) is 3.69. The molecule has 2 heteroatoms. The van der Waals surface area contributed by atoms with Crippen molar-refractivity contribution in [1.82, 2.24) is 0 Å². The Bertz CT molecular complexity index is 86.1. The van der Waals surface area contributed by atoms with Crippen LogP contribution >= 0.6 is 11.6 Å². The van der Waals surface area contributed by atoms with E-state index in [4.69, 9.17) is 11.6 Å². The van der Waals surface area contributed by atoms with E-state index in [-0.39, 0.29) is 0 Å². The molecule has 0 unspecified atom stereocenters. The highest BCUT2D eigenvalue weighted by molar-refractivity contribution is 6.29. The van der Waals surface area contributed by atoms with E-state index in [9.17, 15) is 0 Å². The smallest absolute Gasteiger partial charge is 0.121 e. The predicted molar refractivity (Wildman–Crippen MR) is 33.8 cm³/mol. The molecule has 0 aromatic heterocycles. The fourth-order valence-electron chi connectivity index (χ4n) is 0.190. The van der Waals surface area contributed by atoms with E-state index in [2.05, 4.69) is 11.6 Å². The van der Waals surface area contributed by atoms with Crippen LogP contribution < -0.4 is 0 Å². The van der Waals surface area contributed by atoms with Gasteiger partial charge in [0.25, 0.3) is 0 Å². The number of halogens is 1. The van der Waals surface area contributed by atoms with Gasteiger partial charge in [-0.1, -0.05) is 25.1 Å². The zero-order valence-corrected chi connectivity index (χ0v) is 5.07. The van der Waals surface area contributed by atoms with Crippen LogP contribution in [0.2, 0.25) is 0 Å². The van der Waals surface area contributed by atoms with Gasteiger partial charge in [-0.2, -0.15) is 0 Å². The molecule has 0 rings (SSSR count). The molecule has 0 saturated heterocycles. The Labute approximate surface area is 48.7 Å². The lowest BCUT2D eigenvalue weighted by Gasteiger charge is -1.77. The molecule has 1 nitrogen and oxygen atoms in total. The van der Waals surface area contributed by atoms with Gasteiger partial charge in [0, 0.05) is 6.21 Å². The zero-order chi connectivity index (χ0) is 5.70. The van der Waals surface area contributed by atoms with Crippen molar-refractivity contribution < 1.29 is 0 Å². The average molecular weight is 118 g/mol. The van der Waals surface area contributed by atoms with Gasteiger partial charge in [-0.25, -0.2) is 4.99 Å². The maximum Gasteiger partial charge on any atom is 0.121 e. The van der Waals surface area contributed by atoms with Crippen molar-refractivity contribution in [1.29, 1.82) is 0 Å². The summed E-state index contributed by atoms with van der Waals surface area (Å²) in [7, 11) is 0. The lowest BCUT2D eigenvalue weighted by atomic mass is 10.5. The molecule has 7 heavy (non-hydrogen) atoms. The highest BCUT2D eigenvalue weighted by Crippen LogP contribution is 1.95. The van der Waals surface area contributed by atoms with E-state index in [0.717, 1.165) is 6.42 Å². The third kappa shape index (κ3) is 5.70. The van der Waals surface area contributed by atoms with Crippen molar-refractivity contribution in [2.24, 2.45) is 4.99 Å². The Kier molecular flexibility index (Phi) is 3.71.